The Hall–Kier alpha value is -2.82. The van der Waals surface area contributed by atoms with E-state index in [1.807, 2.05) is 6.07 Å². The fourth-order valence-electron chi connectivity index (χ4n) is 3.00. The molecule has 0 atom stereocenters. The number of rotatable bonds is 2. The van der Waals surface area contributed by atoms with Crippen LogP contribution in [0, 0.1) is 5.82 Å². The van der Waals surface area contributed by atoms with Crippen LogP contribution in [-0.4, -0.2) is 0 Å². The summed E-state index contributed by atoms with van der Waals surface area (Å²) in [6, 6.07) is 15.0. The molecule has 1 heterocycles. The molecule has 0 saturated heterocycles. The summed E-state index contributed by atoms with van der Waals surface area (Å²) in [5.74, 6) is -0.363. The molecule has 5 heteroatoms. The zero-order chi connectivity index (χ0) is 17.6. The van der Waals surface area contributed by atoms with E-state index in [1.54, 1.807) is 24.3 Å². The van der Waals surface area contributed by atoms with E-state index in [9.17, 15) is 17.6 Å². The van der Waals surface area contributed by atoms with Gasteiger partial charge >= 0.3 is 6.18 Å². The second-order valence-corrected chi connectivity index (χ2v) is 5.95. The first-order chi connectivity index (χ1) is 11.9. The molecule has 126 valence electrons. The Morgan fingerprint density at radius 2 is 1.44 bits per heavy atom. The topological polar surface area (TPSA) is 13.1 Å². The SMILES string of the molecule is Fc1ccc2oc3ccc(Cc4cccc(C(F)(F)F)c4)cc3c2c1. The highest BCUT2D eigenvalue weighted by Gasteiger charge is 2.30. The van der Waals surface area contributed by atoms with Gasteiger partial charge in [-0.1, -0.05) is 24.3 Å². The minimum absolute atomic E-state index is 0.349. The summed E-state index contributed by atoms with van der Waals surface area (Å²) in [7, 11) is 0. The van der Waals surface area contributed by atoms with E-state index in [2.05, 4.69) is 0 Å². The zero-order valence-electron chi connectivity index (χ0n) is 12.9. The minimum atomic E-state index is -4.36. The van der Waals surface area contributed by atoms with Gasteiger partial charge in [-0.15, -0.1) is 0 Å². The van der Waals surface area contributed by atoms with Gasteiger partial charge in [0.15, 0.2) is 0 Å². The van der Waals surface area contributed by atoms with Crippen molar-refractivity contribution in [1.29, 1.82) is 0 Å². The fraction of sp³-hybridized carbons (Fsp3) is 0.100. The molecule has 0 amide bonds. The monoisotopic (exact) mass is 344 g/mol. The molecule has 0 fully saturated rings. The van der Waals surface area contributed by atoms with Gasteiger partial charge in [-0.3, -0.25) is 0 Å². The second kappa shape index (κ2) is 5.62. The molecule has 4 rings (SSSR count). The average Bonchev–Trinajstić information content (AvgIpc) is 2.92. The van der Waals surface area contributed by atoms with Crippen molar-refractivity contribution in [3.05, 3.63) is 83.2 Å². The normalized spacial score (nSPS) is 12.2. The third kappa shape index (κ3) is 2.97. The smallest absolute Gasteiger partial charge is 0.416 e. The maximum atomic E-state index is 13.5. The molecule has 0 radical (unpaired) electrons. The van der Waals surface area contributed by atoms with Crippen LogP contribution in [0.1, 0.15) is 16.7 Å². The van der Waals surface area contributed by atoms with Gasteiger partial charge in [0.05, 0.1) is 5.56 Å². The lowest BCUT2D eigenvalue weighted by atomic mass is 10.0. The van der Waals surface area contributed by atoms with Crippen LogP contribution in [0.3, 0.4) is 0 Å². The molecule has 0 spiro atoms. The Bertz CT molecular complexity index is 1080. The third-order valence-corrected chi connectivity index (χ3v) is 4.16. The predicted octanol–water partition coefficient (Wildman–Crippen LogP) is 6.33. The van der Waals surface area contributed by atoms with Gasteiger partial charge in [-0.05, 0) is 53.9 Å². The van der Waals surface area contributed by atoms with E-state index in [-0.39, 0.29) is 5.82 Å². The average molecular weight is 344 g/mol. The Labute approximate surface area is 140 Å². The molecule has 25 heavy (non-hydrogen) atoms. The molecule has 0 aliphatic heterocycles. The van der Waals surface area contributed by atoms with Crippen molar-refractivity contribution < 1.29 is 22.0 Å². The number of alkyl halides is 3. The summed E-state index contributed by atoms with van der Waals surface area (Å²) in [5, 5.41) is 1.40. The molecular weight excluding hydrogens is 332 g/mol. The van der Waals surface area contributed by atoms with Crippen LogP contribution in [0.15, 0.2) is 65.1 Å². The lowest BCUT2D eigenvalue weighted by Crippen LogP contribution is -2.05. The summed E-state index contributed by atoms with van der Waals surface area (Å²) in [6.07, 6.45) is -4.01. The lowest BCUT2D eigenvalue weighted by Gasteiger charge is -2.09. The van der Waals surface area contributed by atoms with Crippen LogP contribution in [0.25, 0.3) is 21.9 Å². The number of hydrogen-bond donors (Lipinski definition) is 0. The lowest BCUT2D eigenvalue weighted by molar-refractivity contribution is -0.137. The highest BCUT2D eigenvalue weighted by molar-refractivity contribution is 6.05. The zero-order valence-corrected chi connectivity index (χ0v) is 12.9. The maximum absolute atomic E-state index is 13.5. The van der Waals surface area contributed by atoms with Gasteiger partial charge in [-0.25, -0.2) is 4.39 Å². The van der Waals surface area contributed by atoms with Gasteiger partial charge in [0.25, 0.3) is 0 Å². The van der Waals surface area contributed by atoms with Crippen molar-refractivity contribution in [2.45, 2.75) is 12.6 Å². The van der Waals surface area contributed by atoms with E-state index in [1.165, 1.54) is 18.2 Å². The van der Waals surface area contributed by atoms with Crippen LogP contribution >= 0.6 is 0 Å². The first-order valence-corrected chi connectivity index (χ1v) is 7.67. The number of halogens is 4. The Balaban J connectivity index is 1.75. The molecule has 0 N–H and O–H groups in total. The number of fused-ring (bicyclic) bond motifs is 3. The molecule has 4 aromatic rings. The molecule has 0 bridgehead atoms. The summed E-state index contributed by atoms with van der Waals surface area (Å²) in [4.78, 5) is 0. The highest BCUT2D eigenvalue weighted by atomic mass is 19.4. The second-order valence-electron chi connectivity index (χ2n) is 5.95. The van der Waals surface area contributed by atoms with Crippen molar-refractivity contribution in [3.63, 3.8) is 0 Å². The molecule has 1 nitrogen and oxygen atoms in total. The molecule has 0 unspecified atom stereocenters. The van der Waals surface area contributed by atoms with Crippen molar-refractivity contribution in [2.75, 3.05) is 0 Å². The van der Waals surface area contributed by atoms with Gasteiger partial charge in [0.2, 0.25) is 0 Å². The highest BCUT2D eigenvalue weighted by Crippen LogP contribution is 2.32. The largest absolute Gasteiger partial charge is 0.456 e. The van der Waals surface area contributed by atoms with Crippen molar-refractivity contribution in [2.24, 2.45) is 0 Å². The summed E-state index contributed by atoms with van der Waals surface area (Å²) in [5.41, 5.74) is 1.93. The Morgan fingerprint density at radius 1 is 0.760 bits per heavy atom. The first kappa shape index (κ1) is 15.7. The van der Waals surface area contributed by atoms with Gasteiger partial charge in [0.1, 0.15) is 17.0 Å². The van der Waals surface area contributed by atoms with E-state index >= 15 is 0 Å². The number of hydrogen-bond acceptors (Lipinski definition) is 1. The van der Waals surface area contributed by atoms with Crippen LogP contribution in [0.4, 0.5) is 17.6 Å². The summed E-state index contributed by atoms with van der Waals surface area (Å²) >= 11 is 0. The summed E-state index contributed by atoms with van der Waals surface area (Å²) < 4.78 is 57.7. The molecule has 3 aromatic carbocycles. The Morgan fingerprint density at radius 3 is 2.20 bits per heavy atom. The van der Waals surface area contributed by atoms with Crippen LogP contribution in [0.5, 0.6) is 0 Å². The summed E-state index contributed by atoms with van der Waals surface area (Å²) in [6.45, 7) is 0. The predicted molar refractivity (Wildman–Crippen MR) is 87.9 cm³/mol. The molecular formula is C20H12F4O. The standard InChI is InChI=1S/C20H12F4O/c21-15-5-7-19-17(11-15)16-10-13(4-6-18(16)25-19)8-12-2-1-3-14(9-12)20(22,23)24/h1-7,9-11H,8H2. The fourth-order valence-corrected chi connectivity index (χ4v) is 3.00. The van der Waals surface area contributed by atoms with Gasteiger partial charge < -0.3 is 4.42 Å². The quantitative estimate of drug-likeness (QED) is 0.387. The molecule has 0 saturated carbocycles. The minimum Gasteiger partial charge on any atom is -0.456 e. The first-order valence-electron chi connectivity index (χ1n) is 7.67. The van der Waals surface area contributed by atoms with Crippen LogP contribution in [-0.2, 0) is 12.6 Å². The van der Waals surface area contributed by atoms with Crippen LogP contribution < -0.4 is 0 Å². The Kier molecular flexibility index (Phi) is 3.53. The van der Waals surface area contributed by atoms with Crippen LogP contribution in [0.2, 0.25) is 0 Å². The maximum Gasteiger partial charge on any atom is 0.416 e. The van der Waals surface area contributed by atoms with Gasteiger partial charge in [0, 0.05) is 10.8 Å². The molecule has 0 aliphatic carbocycles. The van der Waals surface area contributed by atoms with E-state index < -0.39 is 11.7 Å². The number of benzene rings is 3. The van der Waals surface area contributed by atoms with E-state index in [0.717, 1.165) is 23.1 Å². The van der Waals surface area contributed by atoms with Gasteiger partial charge in [-0.2, -0.15) is 13.2 Å². The van der Waals surface area contributed by atoms with Crippen molar-refractivity contribution >= 4 is 21.9 Å². The van der Waals surface area contributed by atoms with E-state index in [4.69, 9.17) is 4.42 Å². The molecule has 0 aliphatic rings. The van der Waals surface area contributed by atoms with E-state index in [0.29, 0.717) is 28.5 Å². The third-order valence-electron chi connectivity index (χ3n) is 4.16. The molecule has 1 aromatic heterocycles. The number of furan rings is 1. The van der Waals surface area contributed by atoms with Crippen molar-refractivity contribution in [3.8, 4) is 0 Å². The van der Waals surface area contributed by atoms with Crippen molar-refractivity contribution in [1.82, 2.24) is 0 Å².